The predicted molar refractivity (Wildman–Crippen MR) is 118 cm³/mol. The number of nitrogens with zero attached hydrogens (tertiary/aromatic N) is 1. The second kappa shape index (κ2) is 10.3. The molecule has 0 aliphatic carbocycles. The average Bonchev–Trinajstić information content (AvgIpc) is 3.04. The van der Waals surface area contributed by atoms with E-state index in [2.05, 4.69) is 5.32 Å². The molecule has 1 heterocycles. The van der Waals surface area contributed by atoms with E-state index < -0.39 is 10.0 Å². The number of methoxy groups -OCH3 is 1. The Bertz CT molecular complexity index is 969. The van der Waals surface area contributed by atoms with Gasteiger partial charge in [-0.15, -0.1) is 0 Å². The van der Waals surface area contributed by atoms with Crippen molar-refractivity contribution in [2.24, 2.45) is 0 Å². The second-order valence-electron chi connectivity index (χ2n) is 7.31. The molecule has 0 aromatic heterocycles. The second-order valence-corrected chi connectivity index (χ2v) is 9.69. The first-order valence-electron chi connectivity index (χ1n) is 10.1. The van der Waals surface area contributed by atoms with E-state index in [9.17, 15) is 13.2 Å². The van der Waals surface area contributed by atoms with Crippen molar-refractivity contribution in [2.75, 3.05) is 26.7 Å². The Morgan fingerprint density at radius 1 is 1.07 bits per heavy atom. The molecular weight excluding hydrogens is 424 g/mol. The fourth-order valence-electron chi connectivity index (χ4n) is 3.53. The van der Waals surface area contributed by atoms with Gasteiger partial charge in [0.15, 0.2) is 0 Å². The molecular formula is C22H27ClN2O4S. The lowest BCUT2D eigenvalue weighted by Crippen LogP contribution is -2.31. The predicted octanol–water partition coefficient (Wildman–Crippen LogP) is 3.89. The summed E-state index contributed by atoms with van der Waals surface area (Å²) in [5.74, 6) is 0.190. The molecule has 1 N–H and O–H groups in total. The lowest BCUT2D eigenvalue weighted by atomic mass is 10.1. The van der Waals surface area contributed by atoms with Gasteiger partial charge in [0.05, 0.1) is 17.6 Å². The summed E-state index contributed by atoms with van der Waals surface area (Å²) in [6, 6.07) is 11.8. The van der Waals surface area contributed by atoms with Crippen LogP contribution in [-0.2, 0) is 16.4 Å². The van der Waals surface area contributed by atoms with E-state index in [0.29, 0.717) is 47.3 Å². The number of sulfonamides is 1. The van der Waals surface area contributed by atoms with E-state index in [0.717, 1.165) is 31.2 Å². The average molecular weight is 451 g/mol. The zero-order chi connectivity index (χ0) is 21.6. The number of ether oxygens (including phenoxy) is 1. The molecule has 0 radical (unpaired) electrons. The SMILES string of the molecule is COc1ccc(Cl)cc1C(=O)NCCc1ccc(S(=O)(=O)N2CCCCCC2)cc1. The van der Waals surface area contributed by atoms with E-state index in [1.165, 1.54) is 7.11 Å². The van der Waals surface area contributed by atoms with E-state index >= 15 is 0 Å². The van der Waals surface area contributed by atoms with Crippen LogP contribution in [0.2, 0.25) is 5.02 Å². The number of amides is 1. The lowest BCUT2D eigenvalue weighted by Gasteiger charge is -2.20. The number of carbonyl (C=O) groups is 1. The third-order valence-corrected chi connectivity index (χ3v) is 7.38. The van der Waals surface area contributed by atoms with Crippen LogP contribution in [0.4, 0.5) is 0 Å². The summed E-state index contributed by atoms with van der Waals surface area (Å²) in [5, 5.41) is 3.31. The van der Waals surface area contributed by atoms with Crippen molar-refractivity contribution in [1.82, 2.24) is 9.62 Å². The van der Waals surface area contributed by atoms with Crippen molar-refractivity contribution in [3.05, 3.63) is 58.6 Å². The minimum atomic E-state index is -3.45. The molecule has 30 heavy (non-hydrogen) atoms. The van der Waals surface area contributed by atoms with Gasteiger partial charge in [0.2, 0.25) is 10.0 Å². The van der Waals surface area contributed by atoms with Crippen LogP contribution >= 0.6 is 11.6 Å². The Balaban J connectivity index is 1.58. The number of hydrogen-bond acceptors (Lipinski definition) is 4. The topological polar surface area (TPSA) is 75.7 Å². The van der Waals surface area contributed by atoms with E-state index in [1.807, 2.05) is 0 Å². The van der Waals surface area contributed by atoms with Crippen molar-refractivity contribution in [2.45, 2.75) is 37.0 Å². The zero-order valence-electron chi connectivity index (χ0n) is 17.1. The lowest BCUT2D eigenvalue weighted by molar-refractivity contribution is 0.0951. The van der Waals surface area contributed by atoms with Crippen LogP contribution < -0.4 is 10.1 Å². The summed E-state index contributed by atoms with van der Waals surface area (Å²) in [4.78, 5) is 12.7. The summed E-state index contributed by atoms with van der Waals surface area (Å²) >= 11 is 5.98. The van der Waals surface area contributed by atoms with Gasteiger partial charge in [0, 0.05) is 24.7 Å². The highest BCUT2D eigenvalue weighted by Crippen LogP contribution is 2.23. The van der Waals surface area contributed by atoms with Crippen LogP contribution in [0, 0.1) is 0 Å². The number of halogens is 1. The third kappa shape index (κ3) is 5.53. The summed E-state index contributed by atoms with van der Waals surface area (Å²) in [5.41, 5.74) is 1.33. The van der Waals surface area contributed by atoms with Gasteiger partial charge in [-0.25, -0.2) is 8.42 Å². The van der Waals surface area contributed by atoms with Crippen molar-refractivity contribution in [3.8, 4) is 5.75 Å². The van der Waals surface area contributed by atoms with Crippen LogP contribution in [0.3, 0.4) is 0 Å². The standard InChI is InChI=1S/C22H27ClN2O4S/c1-29-21-11-8-18(23)16-20(21)22(26)24-13-12-17-6-9-19(10-7-17)30(27,28)25-14-4-2-3-5-15-25/h6-11,16H,2-5,12-15H2,1H3,(H,24,26). The Morgan fingerprint density at radius 2 is 1.73 bits per heavy atom. The van der Waals surface area contributed by atoms with E-state index in [1.54, 1.807) is 46.8 Å². The molecule has 2 aromatic rings. The number of carbonyl (C=O) groups excluding carboxylic acids is 1. The molecule has 0 spiro atoms. The van der Waals surface area contributed by atoms with Gasteiger partial charge in [-0.2, -0.15) is 4.31 Å². The quantitative estimate of drug-likeness (QED) is 0.694. The minimum Gasteiger partial charge on any atom is -0.496 e. The maximum atomic E-state index is 12.8. The highest BCUT2D eigenvalue weighted by molar-refractivity contribution is 7.89. The Kier molecular flexibility index (Phi) is 7.75. The first-order chi connectivity index (χ1) is 14.4. The van der Waals surface area contributed by atoms with Crippen LogP contribution in [0.15, 0.2) is 47.4 Å². The molecule has 1 aliphatic heterocycles. The van der Waals surface area contributed by atoms with Crippen LogP contribution in [0.25, 0.3) is 0 Å². The fraction of sp³-hybridized carbons (Fsp3) is 0.409. The zero-order valence-corrected chi connectivity index (χ0v) is 18.6. The molecule has 0 bridgehead atoms. The van der Waals surface area contributed by atoms with Gasteiger partial charge in [-0.1, -0.05) is 36.6 Å². The Hall–Kier alpha value is -2.09. The summed E-state index contributed by atoms with van der Waals surface area (Å²) in [6.07, 6.45) is 4.57. The van der Waals surface area contributed by atoms with Gasteiger partial charge in [-0.05, 0) is 55.2 Å². The monoisotopic (exact) mass is 450 g/mol. The number of hydrogen-bond donors (Lipinski definition) is 1. The Morgan fingerprint density at radius 3 is 2.37 bits per heavy atom. The van der Waals surface area contributed by atoms with Gasteiger partial charge in [0.1, 0.15) is 5.75 Å². The minimum absolute atomic E-state index is 0.269. The molecule has 2 aromatic carbocycles. The van der Waals surface area contributed by atoms with Gasteiger partial charge >= 0.3 is 0 Å². The first-order valence-corrected chi connectivity index (χ1v) is 11.9. The van der Waals surface area contributed by atoms with Crippen LogP contribution in [0.5, 0.6) is 5.75 Å². The molecule has 0 unspecified atom stereocenters. The van der Waals surface area contributed by atoms with E-state index in [-0.39, 0.29) is 5.91 Å². The summed E-state index contributed by atoms with van der Waals surface area (Å²) in [6.45, 7) is 1.58. The van der Waals surface area contributed by atoms with Crippen molar-refractivity contribution in [1.29, 1.82) is 0 Å². The highest BCUT2D eigenvalue weighted by atomic mass is 35.5. The number of rotatable bonds is 7. The first kappa shape index (κ1) is 22.6. The van der Waals surface area contributed by atoms with Crippen molar-refractivity contribution >= 4 is 27.5 Å². The summed E-state index contributed by atoms with van der Waals surface area (Å²) in [7, 11) is -1.95. The Labute approximate surface area is 183 Å². The maximum absolute atomic E-state index is 12.8. The van der Waals surface area contributed by atoms with Gasteiger partial charge in [-0.3, -0.25) is 4.79 Å². The molecule has 0 saturated carbocycles. The van der Waals surface area contributed by atoms with Crippen molar-refractivity contribution < 1.29 is 17.9 Å². The third-order valence-electron chi connectivity index (χ3n) is 5.23. The molecule has 0 atom stereocenters. The van der Waals surface area contributed by atoms with Crippen LogP contribution in [-0.4, -0.2) is 45.4 Å². The molecule has 162 valence electrons. The van der Waals surface area contributed by atoms with Gasteiger partial charge < -0.3 is 10.1 Å². The molecule has 1 aliphatic rings. The summed E-state index contributed by atoms with van der Waals surface area (Å²) < 4.78 is 32.5. The maximum Gasteiger partial charge on any atom is 0.255 e. The molecule has 3 rings (SSSR count). The van der Waals surface area contributed by atoms with Gasteiger partial charge in [0.25, 0.3) is 5.91 Å². The number of benzene rings is 2. The normalized spacial score (nSPS) is 15.4. The van der Waals surface area contributed by atoms with E-state index in [4.69, 9.17) is 16.3 Å². The fourth-order valence-corrected chi connectivity index (χ4v) is 5.22. The molecule has 1 fully saturated rings. The highest BCUT2D eigenvalue weighted by Gasteiger charge is 2.24. The molecule has 6 nitrogen and oxygen atoms in total. The molecule has 1 amide bonds. The van der Waals surface area contributed by atoms with Crippen LogP contribution in [0.1, 0.15) is 41.6 Å². The molecule has 1 saturated heterocycles. The largest absolute Gasteiger partial charge is 0.496 e. The van der Waals surface area contributed by atoms with Crippen molar-refractivity contribution in [3.63, 3.8) is 0 Å². The number of nitrogens with one attached hydrogen (secondary N) is 1. The smallest absolute Gasteiger partial charge is 0.255 e. The molecule has 8 heteroatoms.